The van der Waals surface area contributed by atoms with Crippen molar-refractivity contribution in [1.29, 1.82) is 0 Å². The highest BCUT2D eigenvalue weighted by Crippen LogP contribution is 2.35. The smallest absolute Gasteiger partial charge is 0.217 e. The van der Waals surface area contributed by atoms with E-state index in [1.807, 2.05) is 7.11 Å². The number of benzene rings is 1. The third-order valence-corrected chi connectivity index (χ3v) is 5.43. The second kappa shape index (κ2) is 6.45. The van der Waals surface area contributed by atoms with Gasteiger partial charge in [-0.3, -0.25) is 0 Å². The zero-order valence-electron chi connectivity index (χ0n) is 16.1. The van der Waals surface area contributed by atoms with Gasteiger partial charge in [0.1, 0.15) is 7.05 Å². The molecule has 124 valence electrons. The normalized spacial score (nSPS) is 12.6. The molecule has 23 heavy (non-hydrogen) atoms. The fourth-order valence-electron chi connectivity index (χ4n) is 3.79. The molecule has 0 amide bonds. The van der Waals surface area contributed by atoms with E-state index in [1.54, 1.807) is 0 Å². The minimum Gasteiger partial charge on any atom is -0.366 e. The Balaban J connectivity index is 2.79. The lowest BCUT2D eigenvalue weighted by molar-refractivity contribution is -0.683. The Morgan fingerprint density at radius 1 is 0.826 bits per heavy atom. The summed E-state index contributed by atoms with van der Waals surface area (Å²) in [5.41, 5.74) is 11.9. The Kier molecular flexibility index (Phi) is 4.95. The molecule has 1 heterocycles. The van der Waals surface area contributed by atoms with E-state index in [1.165, 1.54) is 50.2 Å². The first-order chi connectivity index (χ1) is 10.7. The van der Waals surface area contributed by atoms with Crippen molar-refractivity contribution in [3.63, 3.8) is 0 Å². The molecule has 0 aliphatic carbocycles. The lowest BCUT2D eigenvalue weighted by Crippen LogP contribution is -2.37. The number of pyridine rings is 1. The van der Waals surface area contributed by atoms with E-state index >= 15 is 0 Å². The predicted molar refractivity (Wildman–Crippen MR) is 96.1 cm³/mol. The summed E-state index contributed by atoms with van der Waals surface area (Å²) in [6.45, 7) is 15.4. The van der Waals surface area contributed by atoms with Crippen LogP contribution in [0.2, 0.25) is 0 Å². The van der Waals surface area contributed by atoms with Gasteiger partial charge in [-0.1, -0.05) is 0 Å². The molecule has 0 spiro atoms. The first-order valence-corrected chi connectivity index (χ1v) is 8.27. The molecule has 0 aliphatic rings. The molecule has 0 fully saturated rings. The molecule has 2 aromatic rings. The third-order valence-electron chi connectivity index (χ3n) is 5.43. The van der Waals surface area contributed by atoms with Crippen molar-refractivity contribution in [3.8, 4) is 0 Å². The van der Waals surface area contributed by atoms with E-state index in [0.29, 0.717) is 0 Å². The van der Waals surface area contributed by atoms with Crippen LogP contribution >= 0.6 is 0 Å². The number of hydrogen-bond acceptors (Lipinski definition) is 1. The van der Waals surface area contributed by atoms with E-state index < -0.39 is 0 Å². The van der Waals surface area contributed by atoms with Crippen LogP contribution in [0.1, 0.15) is 56.3 Å². The van der Waals surface area contributed by atoms with Gasteiger partial charge < -0.3 is 4.74 Å². The van der Waals surface area contributed by atoms with Crippen molar-refractivity contribution < 1.29 is 9.30 Å². The second-order valence-electron chi connectivity index (χ2n) is 6.85. The molecule has 1 unspecified atom stereocenters. The molecule has 0 saturated carbocycles. The number of methoxy groups -OCH3 is 1. The first kappa shape index (κ1) is 17.7. The quantitative estimate of drug-likeness (QED) is 0.765. The van der Waals surface area contributed by atoms with Gasteiger partial charge in [-0.2, -0.15) is 0 Å². The largest absolute Gasteiger partial charge is 0.366 e. The van der Waals surface area contributed by atoms with Crippen LogP contribution in [-0.2, 0) is 11.8 Å². The molecule has 2 rings (SSSR count). The zero-order valence-corrected chi connectivity index (χ0v) is 16.1. The summed E-state index contributed by atoms with van der Waals surface area (Å²) < 4.78 is 8.23. The summed E-state index contributed by atoms with van der Waals surface area (Å²) in [5.74, 6) is 0. The summed E-state index contributed by atoms with van der Waals surface area (Å²) in [6, 6.07) is 2.24. The maximum atomic E-state index is 6.01. The minimum atomic E-state index is -0.0430. The average Bonchev–Trinajstić information content (AvgIpc) is 2.48. The average molecular weight is 312 g/mol. The first-order valence-electron chi connectivity index (χ1n) is 8.27. The van der Waals surface area contributed by atoms with E-state index in [4.69, 9.17) is 4.74 Å². The van der Waals surface area contributed by atoms with Crippen molar-refractivity contribution in [3.05, 3.63) is 62.5 Å². The molecule has 2 heteroatoms. The maximum absolute atomic E-state index is 6.01. The van der Waals surface area contributed by atoms with Crippen molar-refractivity contribution in [2.45, 2.75) is 54.6 Å². The van der Waals surface area contributed by atoms with Crippen LogP contribution in [0.4, 0.5) is 0 Å². The number of aryl methyl sites for hydroxylation is 3. The van der Waals surface area contributed by atoms with Gasteiger partial charge in [-0.15, -0.1) is 0 Å². The molecule has 1 aromatic heterocycles. The lowest BCUT2D eigenvalue weighted by atomic mass is 9.85. The second-order valence-corrected chi connectivity index (χ2v) is 6.85. The zero-order chi connectivity index (χ0) is 17.5. The molecular formula is C21H30NO+. The molecule has 1 atom stereocenters. The molecule has 0 aliphatic heterocycles. The summed E-state index contributed by atoms with van der Waals surface area (Å²) in [7, 11) is 3.92. The van der Waals surface area contributed by atoms with Crippen molar-refractivity contribution >= 4 is 0 Å². The summed E-state index contributed by atoms with van der Waals surface area (Å²) >= 11 is 0. The molecule has 0 bridgehead atoms. The number of hydrogen-bond donors (Lipinski definition) is 0. The Hall–Kier alpha value is -1.67. The monoisotopic (exact) mass is 312 g/mol. The molecule has 0 radical (unpaired) electrons. The van der Waals surface area contributed by atoms with Crippen molar-refractivity contribution in [2.24, 2.45) is 7.05 Å². The molecule has 1 aromatic carbocycles. The number of rotatable bonds is 3. The van der Waals surface area contributed by atoms with Crippen LogP contribution in [-0.4, -0.2) is 7.11 Å². The van der Waals surface area contributed by atoms with Gasteiger partial charge in [0, 0.05) is 18.2 Å². The minimum absolute atomic E-state index is 0.0430. The summed E-state index contributed by atoms with van der Waals surface area (Å²) in [4.78, 5) is 0. The van der Waals surface area contributed by atoms with Crippen LogP contribution < -0.4 is 4.57 Å². The number of nitrogens with zero attached hydrogens (tertiary/aromatic N) is 1. The lowest BCUT2D eigenvalue weighted by Gasteiger charge is -2.24. The maximum Gasteiger partial charge on any atom is 0.217 e. The van der Waals surface area contributed by atoms with Crippen molar-refractivity contribution in [2.75, 3.05) is 7.11 Å². The Morgan fingerprint density at radius 2 is 1.30 bits per heavy atom. The van der Waals surface area contributed by atoms with E-state index in [-0.39, 0.29) is 6.10 Å². The van der Waals surface area contributed by atoms with Crippen LogP contribution in [0, 0.1) is 48.5 Å². The summed E-state index contributed by atoms with van der Waals surface area (Å²) in [6.07, 6.45) is 2.13. The topological polar surface area (TPSA) is 13.1 Å². The van der Waals surface area contributed by atoms with Crippen LogP contribution in [0.25, 0.3) is 0 Å². The highest BCUT2D eigenvalue weighted by atomic mass is 16.5. The fourth-order valence-corrected chi connectivity index (χ4v) is 3.79. The standard InChI is InChI=1S/C21H30NO/c1-12-10-13(2)20(22(8)11-12)21(23-9)19-17(6)15(4)14(3)16(5)18(19)7/h10-11,21H,1-9H3/q+1. The molecular weight excluding hydrogens is 282 g/mol. The Morgan fingerprint density at radius 3 is 1.74 bits per heavy atom. The molecule has 0 saturated heterocycles. The van der Waals surface area contributed by atoms with Gasteiger partial charge in [0.05, 0.1) is 0 Å². The van der Waals surface area contributed by atoms with Gasteiger partial charge in [-0.25, -0.2) is 4.57 Å². The number of ether oxygens (including phenoxy) is 1. The Labute approximate surface area is 141 Å². The van der Waals surface area contributed by atoms with Gasteiger partial charge in [0.25, 0.3) is 0 Å². The fraction of sp³-hybridized carbons (Fsp3) is 0.476. The molecule has 2 nitrogen and oxygen atoms in total. The Bertz CT molecular complexity index is 707. The van der Waals surface area contributed by atoms with Crippen molar-refractivity contribution in [1.82, 2.24) is 0 Å². The van der Waals surface area contributed by atoms with E-state index in [2.05, 4.69) is 72.3 Å². The SMILES string of the molecule is COC(c1c(C)c(C)c(C)c(C)c1C)c1c(C)cc(C)c[n+]1C. The van der Waals surface area contributed by atoms with E-state index in [0.717, 1.165) is 0 Å². The highest BCUT2D eigenvalue weighted by molar-refractivity contribution is 5.52. The third kappa shape index (κ3) is 2.92. The molecule has 0 N–H and O–H groups in total. The van der Waals surface area contributed by atoms with Crippen LogP contribution in [0.3, 0.4) is 0 Å². The van der Waals surface area contributed by atoms with Gasteiger partial charge in [-0.05, 0) is 87.9 Å². The van der Waals surface area contributed by atoms with Gasteiger partial charge in [0.15, 0.2) is 12.3 Å². The predicted octanol–water partition coefficient (Wildman–Crippen LogP) is 4.41. The van der Waals surface area contributed by atoms with Gasteiger partial charge in [0.2, 0.25) is 5.69 Å². The number of aromatic nitrogens is 1. The van der Waals surface area contributed by atoms with E-state index in [9.17, 15) is 0 Å². The van der Waals surface area contributed by atoms with Gasteiger partial charge >= 0.3 is 0 Å². The van der Waals surface area contributed by atoms with Crippen LogP contribution in [0.5, 0.6) is 0 Å². The summed E-state index contributed by atoms with van der Waals surface area (Å²) in [5, 5.41) is 0. The van der Waals surface area contributed by atoms with Crippen LogP contribution in [0.15, 0.2) is 12.3 Å². The highest BCUT2D eigenvalue weighted by Gasteiger charge is 2.29.